The van der Waals surface area contributed by atoms with Crippen LogP contribution in [0.25, 0.3) is 10.4 Å². The first-order chi connectivity index (χ1) is 14.1. The zero-order chi connectivity index (χ0) is 22.1. The quantitative estimate of drug-likeness (QED) is 0.373. The van der Waals surface area contributed by atoms with E-state index in [1.807, 2.05) is 25.2 Å². The number of thiazole rings is 1. The van der Waals surface area contributed by atoms with Gasteiger partial charge in [-0.3, -0.25) is 4.79 Å². The molecule has 11 heteroatoms. The number of fused-ring (bicyclic) bond motifs is 2. The molecule has 30 heavy (non-hydrogen) atoms. The number of hydrogen-bond donors (Lipinski definition) is 2. The molecule has 9 nitrogen and oxygen atoms in total. The average molecular weight is 451 g/mol. The number of carboxylic acid groups (broad SMARTS) is 1. The van der Waals surface area contributed by atoms with Crippen LogP contribution in [0.5, 0.6) is 0 Å². The van der Waals surface area contributed by atoms with Crippen LogP contribution in [0.2, 0.25) is 0 Å². The van der Waals surface area contributed by atoms with Gasteiger partial charge in [-0.25, -0.2) is 4.79 Å². The number of primary amides is 1. The fraction of sp³-hybridized carbons (Fsp3) is 0.474. The van der Waals surface area contributed by atoms with E-state index in [9.17, 15) is 24.6 Å². The lowest BCUT2D eigenvalue weighted by molar-refractivity contribution is -0.515. The molecule has 4 atom stereocenters. The Morgan fingerprint density at radius 1 is 1.47 bits per heavy atom. The molecule has 0 spiro atoms. The highest BCUT2D eigenvalue weighted by atomic mass is 32.2. The van der Waals surface area contributed by atoms with Crippen LogP contribution in [0.4, 0.5) is 4.79 Å². The minimum absolute atomic E-state index is 0.130. The van der Waals surface area contributed by atoms with Crippen LogP contribution >= 0.6 is 23.1 Å². The standard InChI is InChI=1S/C19H22N4O5S2/c1-5-29-16-17-21(6-22(16)19(20)28)8(3)14(30-17)10-7(2)12-11(9(4)24)15(25)23(12)13(10)18(26)27/h6-7,9,11-12,24H,5H2,1-4H3,(H2-,20,26,27,28)/t7-,9+,11+,12+/m0/s1. The summed E-state index contributed by atoms with van der Waals surface area (Å²) < 4.78 is 3.20. The first kappa shape index (κ1) is 20.9. The molecule has 0 unspecified atom stereocenters. The highest BCUT2D eigenvalue weighted by Crippen LogP contribution is 2.51. The van der Waals surface area contributed by atoms with Crippen molar-refractivity contribution in [2.45, 2.75) is 44.9 Å². The molecule has 3 N–H and O–H groups in total. The van der Waals surface area contributed by atoms with Gasteiger partial charge in [0.1, 0.15) is 5.69 Å². The maximum absolute atomic E-state index is 12.6. The molecule has 2 aromatic rings. The van der Waals surface area contributed by atoms with Gasteiger partial charge in [0, 0.05) is 11.5 Å². The van der Waals surface area contributed by atoms with Crippen molar-refractivity contribution in [3.8, 4) is 0 Å². The van der Waals surface area contributed by atoms with E-state index in [1.54, 1.807) is 13.3 Å². The molecule has 2 aliphatic rings. The van der Waals surface area contributed by atoms with E-state index >= 15 is 0 Å². The third-order valence-electron chi connectivity index (χ3n) is 5.87. The number of nitrogens with two attached hydrogens (primary N) is 1. The van der Waals surface area contributed by atoms with Crippen molar-refractivity contribution in [3.63, 3.8) is 0 Å². The highest BCUT2D eigenvalue weighted by molar-refractivity contribution is 7.99. The van der Waals surface area contributed by atoms with E-state index < -0.39 is 36.0 Å². The molecule has 1 saturated heterocycles. The number of aliphatic hydroxyl groups is 1. The Bertz CT molecular complexity index is 1130. The Morgan fingerprint density at radius 2 is 2.13 bits per heavy atom. The molecular formula is C19H22N4O5S2. The summed E-state index contributed by atoms with van der Waals surface area (Å²) in [5, 5.41) is 22.7. The highest BCUT2D eigenvalue weighted by Gasteiger charge is 2.59. The van der Waals surface area contributed by atoms with E-state index in [2.05, 4.69) is 0 Å². The number of rotatable bonds is 5. The monoisotopic (exact) mass is 450 g/mol. The van der Waals surface area contributed by atoms with Gasteiger partial charge in [0.05, 0.1) is 34.6 Å². The van der Waals surface area contributed by atoms with Gasteiger partial charge in [-0.2, -0.15) is 4.40 Å². The fourth-order valence-corrected chi connectivity index (χ4v) is 6.94. The number of thioether (sulfide) groups is 1. The first-order valence-electron chi connectivity index (χ1n) is 9.57. The molecular weight excluding hydrogens is 428 g/mol. The number of hydrogen-bond acceptors (Lipinski definition) is 7. The summed E-state index contributed by atoms with van der Waals surface area (Å²) in [4.78, 5) is 39.2. The van der Waals surface area contributed by atoms with E-state index in [0.717, 1.165) is 21.2 Å². The van der Waals surface area contributed by atoms with Gasteiger partial charge in [0.25, 0.3) is 6.33 Å². The van der Waals surface area contributed by atoms with E-state index in [0.29, 0.717) is 10.6 Å². The summed E-state index contributed by atoms with van der Waals surface area (Å²) in [5.74, 6) is -2.01. The molecule has 2 amide bonds. The van der Waals surface area contributed by atoms with E-state index in [-0.39, 0.29) is 11.6 Å². The number of carbonyl (C=O) groups excluding carboxylic acids is 3. The molecule has 0 aromatic carbocycles. The SMILES string of the molecule is CCSc1c2sc(C3=C(C(=O)[O-])N4C(=O)[C@H]([C@@H](C)O)[C@H]4[C@H]3C)c(C)[n+]2cn1C(N)=O. The maximum Gasteiger partial charge on any atom is 0.411 e. The number of carbonyl (C=O) groups is 3. The molecule has 0 saturated carbocycles. The van der Waals surface area contributed by atoms with Crippen molar-refractivity contribution >= 4 is 51.4 Å². The summed E-state index contributed by atoms with van der Waals surface area (Å²) >= 11 is 2.82. The van der Waals surface area contributed by atoms with Crippen molar-refractivity contribution < 1.29 is 29.0 Å². The molecule has 2 aromatic heterocycles. The average Bonchev–Trinajstić information content (AvgIpc) is 3.24. The van der Waals surface area contributed by atoms with Gasteiger partial charge < -0.3 is 25.6 Å². The maximum atomic E-state index is 12.6. The summed E-state index contributed by atoms with van der Waals surface area (Å²) in [6.45, 7) is 7.20. The third kappa shape index (κ3) is 2.65. The van der Waals surface area contributed by atoms with Gasteiger partial charge in [0.2, 0.25) is 15.8 Å². The normalized spacial score (nSPS) is 24.4. The summed E-state index contributed by atoms with van der Waals surface area (Å²) in [6.07, 6.45) is 0.730. The van der Waals surface area contributed by atoms with Crippen LogP contribution in [-0.2, 0) is 9.59 Å². The number of β-lactam (4-membered cyclic amide) rings is 1. The number of aromatic nitrogens is 2. The number of imidazole rings is 1. The lowest BCUT2D eigenvalue weighted by Crippen LogP contribution is -2.64. The third-order valence-corrected chi connectivity index (χ3v) is 8.25. The second-order valence-electron chi connectivity index (χ2n) is 7.56. The van der Waals surface area contributed by atoms with Crippen LogP contribution < -0.4 is 15.2 Å². The Balaban J connectivity index is 1.91. The molecule has 160 valence electrons. The number of carboxylic acids is 1. The molecule has 4 heterocycles. The Morgan fingerprint density at radius 3 is 2.67 bits per heavy atom. The number of aryl methyl sites for hydroxylation is 1. The summed E-state index contributed by atoms with van der Waals surface area (Å²) in [6, 6.07) is -1.01. The zero-order valence-corrected chi connectivity index (χ0v) is 18.5. The Kier molecular flexibility index (Phi) is 4.94. The summed E-state index contributed by atoms with van der Waals surface area (Å²) in [7, 11) is 0. The second kappa shape index (κ2) is 7.10. The zero-order valence-electron chi connectivity index (χ0n) is 16.9. The number of aliphatic hydroxyl groups excluding tert-OH is 1. The van der Waals surface area contributed by atoms with E-state index in [1.165, 1.54) is 32.6 Å². The van der Waals surface area contributed by atoms with E-state index in [4.69, 9.17) is 5.73 Å². The predicted molar refractivity (Wildman–Crippen MR) is 108 cm³/mol. The Labute approximate surface area is 180 Å². The molecule has 0 aliphatic carbocycles. The van der Waals surface area contributed by atoms with Crippen molar-refractivity contribution in [2.24, 2.45) is 17.6 Å². The van der Waals surface area contributed by atoms with Crippen molar-refractivity contribution in [2.75, 3.05) is 5.75 Å². The fourth-order valence-electron chi connectivity index (χ4n) is 4.57. The lowest BCUT2D eigenvalue weighted by atomic mass is 9.77. The summed E-state index contributed by atoms with van der Waals surface area (Å²) in [5.41, 5.74) is 6.65. The number of aliphatic carboxylic acids is 1. The molecule has 4 rings (SSSR count). The minimum atomic E-state index is -1.41. The van der Waals surface area contributed by atoms with Gasteiger partial charge in [0.15, 0.2) is 0 Å². The van der Waals surface area contributed by atoms with Gasteiger partial charge in [-0.1, -0.05) is 36.9 Å². The lowest BCUT2D eigenvalue weighted by Gasteiger charge is -2.47. The number of amides is 2. The van der Waals surface area contributed by atoms with Crippen molar-refractivity contribution in [3.05, 3.63) is 22.6 Å². The molecule has 1 fully saturated rings. The van der Waals surface area contributed by atoms with Crippen LogP contribution in [0.1, 0.15) is 31.3 Å². The van der Waals surface area contributed by atoms with Crippen molar-refractivity contribution in [1.29, 1.82) is 0 Å². The smallest absolute Gasteiger partial charge is 0.411 e. The molecule has 0 radical (unpaired) electrons. The topological polar surface area (TPSA) is 133 Å². The van der Waals surface area contributed by atoms with Crippen LogP contribution in [0.3, 0.4) is 0 Å². The van der Waals surface area contributed by atoms with Gasteiger partial charge in [-0.15, -0.1) is 4.57 Å². The number of nitrogens with zero attached hydrogens (tertiary/aromatic N) is 3. The van der Waals surface area contributed by atoms with Gasteiger partial charge in [-0.05, 0) is 19.6 Å². The predicted octanol–water partition coefficient (Wildman–Crippen LogP) is -0.0460. The van der Waals surface area contributed by atoms with Crippen LogP contribution in [0, 0.1) is 18.8 Å². The van der Waals surface area contributed by atoms with Crippen LogP contribution in [-0.4, -0.2) is 50.4 Å². The Hall–Kier alpha value is -2.37. The van der Waals surface area contributed by atoms with Crippen molar-refractivity contribution in [1.82, 2.24) is 9.47 Å². The second-order valence-corrected chi connectivity index (χ2v) is 9.81. The van der Waals surface area contributed by atoms with Crippen LogP contribution in [0.15, 0.2) is 17.1 Å². The van der Waals surface area contributed by atoms with Gasteiger partial charge >= 0.3 is 6.03 Å². The first-order valence-corrected chi connectivity index (χ1v) is 11.4. The largest absolute Gasteiger partial charge is 0.543 e. The minimum Gasteiger partial charge on any atom is -0.543 e. The molecule has 0 bridgehead atoms. The molecule has 2 aliphatic heterocycles.